The van der Waals surface area contributed by atoms with Gasteiger partial charge in [0.1, 0.15) is 0 Å². The van der Waals surface area contributed by atoms with E-state index in [1.807, 2.05) is 36.7 Å². The smallest absolute Gasteiger partial charge is 0.151 e. The minimum absolute atomic E-state index is 0.449. The SMILES string of the molecule is CCN(Cc1ccncc1)c1ccc(CNC(C)C)nn1. The van der Waals surface area contributed by atoms with Gasteiger partial charge in [-0.3, -0.25) is 4.98 Å². The van der Waals surface area contributed by atoms with E-state index >= 15 is 0 Å². The standard InChI is InChI=1S/C16H23N5/c1-4-21(12-14-7-9-17-10-8-14)16-6-5-15(19-20-16)11-18-13(2)3/h5-10,13,18H,4,11-12H2,1-3H3. The van der Waals surface area contributed by atoms with Crippen molar-refractivity contribution in [2.75, 3.05) is 11.4 Å². The first kappa shape index (κ1) is 15.4. The molecule has 0 atom stereocenters. The maximum atomic E-state index is 4.34. The molecule has 0 spiro atoms. The van der Waals surface area contributed by atoms with Crippen molar-refractivity contribution in [3.63, 3.8) is 0 Å². The van der Waals surface area contributed by atoms with Gasteiger partial charge in [0.15, 0.2) is 5.82 Å². The van der Waals surface area contributed by atoms with E-state index in [4.69, 9.17) is 0 Å². The summed E-state index contributed by atoms with van der Waals surface area (Å²) in [5.41, 5.74) is 2.19. The molecule has 5 heteroatoms. The third-order valence-corrected chi connectivity index (χ3v) is 3.23. The zero-order chi connectivity index (χ0) is 15.1. The summed E-state index contributed by atoms with van der Waals surface area (Å²) >= 11 is 0. The van der Waals surface area contributed by atoms with Crippen LogP contribution in [0.3, 0.4) is 0 Å². The lowest BCUT2D eigenvalue weighted by Gasteiger charge is -2.21. The second kappa shape index (κ2) is 7.69. The van der Waals surface area contributed by atoms with Gasteiger partial charge in [-0.05, 0) is 36.8 Å². The summed E-state index contributed by atoms with van der Waals surface area (Å²) in [7, 11) is 0. The summed E-state index contributed by atoms with van der Waals surface area (Å²) in [5, 5.41) is 12.0. The normalized spacial score (nSPS) is 10.9. The number of anilines is 1. The molecule has 21 heavy (non-hydrogen) atoms. The number of aromatic nitrogens is 3. The third kappa shape index (κ3) is 4.79. The predicted octanol–water partition coefficient (Wildman–Crippen LogP) is 2.40. The van der Waals surface area contributed by atoms with E-state index < -0.39 is 0 Å². The zero-order valence-corrected chi connectivity index (χ0v) is 13.0. The molecule has 0 fully saturated rings. The Balaban J connectivity index is 2.01. The number of pyridine rings is 1. The Bertz CT molecular complexity index is 524. The van der Waals surface area contributed by atoms with E-state index in [1.165, 1.54) is 5.56 Å². The van der Waals surface area contributed by atoms with Crippen LogP contribution in [0.4, 0.5) is 5.82 Å². The van der Waals surface area contributed by atoms with Gasteiger partial charge in [-0.15, -0.1) is 5.10 Å². The molecule has 2 aromatic rings. The summed E-state index contributed by atoms with van der Waals surface area (Å²) in [6.45, 7) is 8.82. The minimum atomic E-state index is 0.449. The summed E-state index contributed by atoms with van der Waals surface area (Å²) < 4.78 is 0. The fourth-order valence-electron chi connectivity index (χ4n) is 1.99. The van der Waals surface area contributed by atoms with Gasteiger partial charge in [0, 0.05) is 38.1 Å². The zero-order valence-electron chi connectivity index (χ0n) is 13.0. The Morgan fingerprint density at radius 3 is 2.43 bits per heavy atom. The molecule has 2 aromatic heterocycles. The Kier molecular flexibility index (Phi) is 5.63. The highest BCUT2D eigenvalue weighted by Crippen LogP contribution is 2.13. The van der Waals surface area contributed by atoms with Crippen molar-refractivity contribution in [1.29, 1.82) is 0 Å². The van der Waals surface area contributed by atoms with E-state index in [9.17, 15) is 0 Å². The molecule has 0 aromatic carbocycles. The van der Waals surface area contributed by atoms with Crippen molar-refractivity contribution in [2.24, 2.45) is 0 Å². The van der Waals surface area contributed by atoms with Crippen LogP contribution in [0, 0.1) is 0 Å². The highest BCUT2D eigenvalue weighted by molar-refractivity contribution is 5.38. The molecule has 112 valence electrons. The van der Waals surface area contributed by atoms with Crippen LogP contribution < -0.4 is 10.2 Å². The third-order valence-electron chi connectivity index (χ3n) is 3.23. The number of hydrogen-bond donors (Lipinski definition) is 1. The van der Waals surface area contributed by atoms with Gasteiger partial charge in [0.25, 0.3) is 0 Å². The molecule has 0 unspecified atom stereocenters. The lowest BCUT2D eigenvalue weighted by molar-refractivity contribution is 0.577. The average molecular weight is 285 g/mol. The van der Waals surface area contributed by atoms with Gasteiger partial charge in [0.2, 0.25) is 0 Å². The van der Waals surface area contributed by atoms with Gasteiger partial charge in [-0.1, -0.05) is 13.8 Å². The number of rotatable bonds is 7. The highest BCUT2D eigenvalue weighted by Gasteiger charge is 2.07. The summed E-state index contributed by atoms with van der Waals surface area (Å²) in [4.78, 5) is 6.24. The highest BCUT2D eigenvalue weighted by atomic mass is 15.3. The summed E-state index contributed by atoms with van der Waals surface area (Å²) in [5.74, 6) is 0.905. The van der Waals surface area contributed by atoms with E-state index in [0.29, 0.717) is 6.04 Å². The molecule has 5 nitrogen and oxygen atoms in total. The first-order valence-corrected chi connectivity index (χ1v) is 7.39. The van der Waals surface area contributed by atoms with Crippen LogP contribution in [0.25, 0.3) is 0 Å². The molecule has 0 aliphatic heterocycles. The Labute approximate surface area is 126 Å². The molecule has 2 heterocycles. The lowest BCUT2D eigenvalue weighted by atomic mass is 10.2. The molecule has 0 amide bonds. The van der Waals surface area contributed by atoms with Crippen molar-refractivity contribution in [1.82, 2.24) is 20.5 Å². The van der Waals surface area contributed by atoms with Gasteiger partial charge >= 0.3 is 0 Å². The second-order valence-corrected chi connectivity index (χ2v) is 5.29. The van der Waals surface area contributed by atoms with E-state index in [0.717, 1.165) is 31.1 Å². The van der Waals surface area contributed by atoms with Crippen LogP contribution >= 0.6 is 0 Å². The maximum Gasteiger partial charge on any atom is 0.151 e. The van der Waals surface area contributed by atoms with Crippen molar-refractivity contribution < 1.29 is 0 Å². The maximum absolute atomic E-state index is 4.34. The molecular formula is C16H23N5. The molecule has 1 N–H and O–H groups in total. The summed E-state index contributed by atoms with van der Waals surface area (Å²) in [6.07, 6.45) is 3.63. The largest absolute Gasteiger partial charge is 0.351 e. The lowest BCUT2D eigenvalue weighted by Crippen LogP contribution is -2.25. The molecule has 0 saturated heterocycles. The summed E-state index contributed by atoms with van der Waals surface area (Å²) in [6, 6.07) is 8.57. The van der Waals surface area contributed by atoms with Crippen LogP contribution in [0.15, 0.2) is 36.7 Å². The van der Waals surface area contributed by atoms with Crippen molar-refractivity contribution >= 4 is 5.82 Å². The van der Waals surface area contributed by atoms with E-state index in [-0.39, 0.29) is 0 Å². The molecule has 0 aliphatic rings. The fourth-order valence-corrected chi connectivity index (χ4v) is 1.99. The molecule has 0 aliphatic carbocycles. The Hall–Kier alpha value is -2.01. The number of nitrogens with one attached hydrogen (secondary N) is 1. The predicted molar refractivity (Wildman–Crippen MR) is 85.0 cm³/mol. The van der Waals surface area contributed by atoms with Gasteiger partial charge < -0.3 is 10.2 Å². The number of nitrogens with zero attached hydrogens (tertiary/aromatic N) is 4. The van der Waals surface area contributed by atoms with Crippen LogP contribution in [-0.2, 0) is 13.1 Å². The monoisotopic (exact) mass is 285 g/mol. The minimum Gasteiger partial charge on any atom is -0.351 e. The van der Waals surface area contributed by atoms with Crippen LogP contribution in [0.5, 0.6) is 0 Å². The van der Waals surface area contributed by atoms with Crippen molar-refractivity contribution in [3.8, 4) is 0 Å². The van der Waals surface area contributed by atoms with Crippen LogP contribution in [-0.4, -0.2) is 27.8 Å². The van der Waals surface area contributed by atoms with Crippen molar-refractivity contribution in [3.05, 3.63) is 47.9 Å². The molecular weight excluding hydrogens is 262 g/mol. The molecule has 2 rings (SSSR count). The average Bonchev–Trinajstić information content (AvgIpc) is 2.52. The van der Waals surface area contributed by atoms with Crippen LogP contribution in [0.2, 0.25) is 0 Å². The van der Waals surface area contributed by atoms with Crippen molar-refractivity contribution in [2.45, 2.75) is 39.9 Å². The second-order valence-electron chi connectivity index (χ2n) is 5.29. The van der Waals surface area contributed by atoms with Gasteiger partial charge in [-0.2, -0.15) is 5.10 Å². The van der Waals surface area contributed by atoms with Crippen LogP contribution in [0.1, 0.15) is 32.0 Å². The topological polar surface area (TPSA) is 53.9 Å². The first-order valence-electron chi connectivity index (χ1n) is 7.39. The molecule has 0 saturated carbocycles. The van der Waals surface area contributed by atoms with E-state index in [2.05, 4.69) is 46.2 Å². The Morgan fingerprint density at radius 2 is 1.86 bits per heavy atom. The number of hydrogen-bond acceptors (Lipinski definition) is 5. The Morgan fingerprint density at radius 1 is 1.10 bits per heavy atom. The van der Waals surface area contributed by atoms with Gasteiger partial charge in [-0.25, -0.2) is 0 Å². The van der Waals surface area contributed by atoms with E-state index in [1.54, 1.807) is 0 Å². The quantitative estimate of drug-likeness (QED) is 0.846. The molecule has 0 radical (unpaired) electrons. The molecule has 0 bridgehead atoms. The first-order chi connectivity index (χ1) is 10.2. The fraction of sp³-hybridized carbons (Fsp3) is 0.438. The van der Waals surface area contributed by atoms with Gasteiger partial charge in [0.05, 0.1) is 5.69 Å².